The molecular formula is C32H37N3O. The molecule has 0 unspecified atom stereocenters. The number of rotatable bonds is 10. The van der Waals surface area contributed by atoms with Crippen molar-refractivity contribution >= 4 is 16.9 Å². The van der Waals surface area contributed by atoms with Gasteiger partial charge in [0, 0.05) is 19.5 Å². The minimum absolute atomic E-state index is 0.0771. The van der Waals surface area contributed by atoms with Crippen molar-refractivity contribution in [1.29, 1.82) is 0 Å². The molecule has 0 saturated heterocycles. The summed E-state index contributed by atoms with van der Waals surface area (Å²) in [5.41, 5.74) is 5.73. The Bertz CT molecular complexity index is 1250. The molecule has 5 rings (SSSR count). The zero-order valence-corrected chi connectivity index (χ0v) is 21.2. The molecule has 0 bridgehead atoms. The number of carbonyl (C=O) groups excluding carboxylic acids is 1. The highest BCUT2D eigenvalue weighted by atomic mass is 16.1. The average molecular weight is 480 g/mol. The van der Waals surface area contributed by atoms with Crippen LogP contribution < -0.4 is 5.32 Å². The largest absolute Gasteiger partial charge is 0.356 e. The molecule has 1 aliphatic carbocycles. The van der Waals surface area contributed by atoms with E-state index in [1.165, 1.54) is 55.2 Å². The van der Waals surface area contributed by atoms with Crippen molar-refractivity contribution in [1.82, 2.24) is 14.9 Å². The van der Waals surface area contributed by atoms with Gasteiger partial charge in [0.15, 0.2) is 0 Å². The summed E-state index contributed by atoms with van der Waals surface area (Å²) in [5, 5.41) is 3.11. The van der Waals surface area contributed by atoms with Gasteiger partial charge in [0.1, 0.15) is 5.82 Å². The summed E-state index contributed by atoms with van der Waals surface area (Å²) in [6.45, 7) is 1.72. The van der Waals surface area contributed by atoms with Crippen LogP contribution in [-0.4, -0.2) is 22.0 Å². The summed E-state index contributed by atoms with van der Waals surface area (Å²) in [6.07, 6.45) is 10.4. The number of nitrogens with one attached hydrogen (secondary N) is 1. The Morgan fingerprint density at radius 2 is 1.58 bits per heavy atom. The van der Waals surface area contributed by atoms with Crippen molar-refractivity contribution in [2.24, 2.45) is 5.92 Å². The van der Waals surface area contributed by atoms with Gasteiger partial charge >= 0.3 is 0 Å². The number of aromatic nitrogens is 2. The highest BCUT2D eigenvalue weighted by molar-refractivity contribution is 5.79. The fourth-order valence-electron chi connectivity index (χ4n) is 5.52. The lowest BCUT2D eigenvalue weighted by Crippen LogP contribution is -2.26. The highest BCUT2D eigenvalue weighted by Gasteiger charge is 2.16. The van der Waals surface area contributed by atoms with Gasteiger partial charge in [-0.15, -0.1) is 0 Å². The molecular weight excluding hydrogens is 442 g/mol. The fraction of sp³-hybridized carbons (Fsp3) is 0.375. The number of fused-ring (bicyclic) bond motifs is 1. The van der Waals surface area contributed by atoms with E-state index in [4.69, 9.17) is 4.98 Å². The van der Waals surface area contributed by atoms with E-state index in [2.05, 4.69) is 70.5 Å². The average Bonchev–Trinajstić information content (AvgIpc) is 3.29. The number of para-hydroxylation sites is 2. The molecule has 1 amide bonds. The Balaban J connectivity index is 1.12. The monoisotopic (exact) mass is 479 g/mol. The molecule has 1 fully saturated rings. The predicted octanol–water partition coefficient (Wildman–Crippen LogP) is 6.97. The first-order valence-electron chi connectivity index (χ1n) is 13.6. The number of imidazole rings is 1. The highest BCUT2D eigenvalue weighted by Crippen LogP contribution is 2.28. The smallest absolute Gasteiger partial charge is 0.224 e. The Kier molecular flexibility index (Phi) is 8.12. The van der Waals surface area contributed by atoms with Gasteiger partial charge < -0.3 is 9.88 Å². The Hall–Kier alpha value is -3.40. The van der Waals surface area contributed by atoms with Crippen LogP contribution in [0.4, 0.5) is 0 Å². The summed E-state index contributed by atoms with van der Waals surface area (Å²) >= 11 is 0. The standard InChI is InChI=1S/C32H37N3O/c36-32(24-26-17-19-28(20-18-26)27-12-5-2-6-13-27)33-22-9-16-31-34-29-14-7-8-15-30(29)35(31)23-21-25-10-3-1-4-11-25/h2,5-8,12-15,17-20,25H,1,3-4,9-11,16,21-24H2,(H,33,36). The summed E-state index contributed by atoms with van der Waals surface area (Å²) in [5.74, 6) is 2.08. The van der Waals surface area contributed by atoms with Crippen LogP contribution in [0.15, 0.2) is 78.9 Å². The second kappa shape index (κ2) is 12.0. The Morgan fingerprint density at radius 3 is 2.39 bits per heavy atom. The van der Waals surface area contributed by atoms with E-state index in [0.717, 1.165) is 42.2 Å². The topological polar surface area (TPSA) is 46.9 Å². The van der Waals surface area contributed by atoms with Gasteiger partial charge in [0.05, 0.1) is 17.5 Å². The van der Waals surface area contributed by atoms with Crippen molar-refractivity contribution in [3.05, 3.63) is 90.3 Å². The first kappa shape index (κ1) is 24.3. The summed E-state index contributed by atoms with van der Waals surface area (Å²) in [4.78, 5) is 17.5. The summed E-state index contributed by atoms with van der Waals surface area (Å²) < 4.78 is 2.43. The maximum Gasteiger partial charge on any atom is 0.224 e. The van der Waals surface area contributed by atoms with Crippen LogP contribution in [0.1, 0.15) is 56.3 Å². The Labute approximate surface area is 214 Å². The molecule has 36 heavy (non-hydrogen) atoms. The van der Waals surface area contributed by atoms with Crippen LogP contribution in [0.25, 0.3) is 22.2 Å². The number of hydrogen-bond donors (Lipinski definition) is 1. The number of hydrogen-bond acceptors (Lipinski definition) is 2. The first-order valence-corrected chi connectivity index (χ1v) is 13.6. The zero-order valence-electron chi connectivity index (χ0n) is 21.2. The van der Waals surface area contributed by atoms with Gasteiger partial charge in [-0.05, 0) is 47.6 Å². The van der Waals surface area contributed by atoms with Crippen LogP contribution in [0.3, 0.4) is 0 Å². The lowest BCUT2D eigenvalue weighted by atomic mass is 9.87. The molecule has 4 aromatic rings. The van der Waals surface area contributed by atoms with Crippen molar-refractivity contribution in [2.75, 3.05) is 6.54 Å². The normalized spacial score (nSPS) is 14.2. The second-order valence-corrected chi connectivity index (χ2v) is 10.2. The number of nitrogens with zero attached hydrogens (tertiary/aromatic N) is 2. The van der Waals surface area contributed by atoms with Crippen LogP contribution in [0.5, 0.6) is 0 Å². The van der Waals surface area contributed by atoms with E-state index >= 15 is 0 Å². The maximum absolute atomic E-state index is 12.5. The van der Waals surface area contributed by atoms with Gasteiger partial charge in [-0.1, -0.05) is 98.8 Å². The van der Waals surface area contributed by atoms with Crippen LogP contribution in [0.2, 0.25) is 0 Å². The van der Waals surface area contributed by atoms with Gasteiger partial charge in [0.2, 0.25) is 5.91 Å². The van der Waals surface area contributed by atoms with Crippen molar-refractivity contribution in [3.8, 4) is 11.1 Å². The number of amides is 1. The SMILES string of the molecule is O=C(Cc1ccc(-c2ccccc2)cc1)NCCCc1nc2ccccc2n1CCC1CCCCC1. The molecule has 4 nitrogen and oxygen atoms in total. The van der Waals surface area contributed by atoms with Gasteiger partial charge in [-0.2, -0.15) is 0 Å². The van der Waals surface area contributed by atoms with Crippen LogP contribution >= 0.6 is 0 Å². The summed E-state index contributed by atoms with van der Waals surface area (Å²) in [7, 11) is 0. The first-order chi connectivity index (χ1) is 17.8. The van der Waals surface area contributed by atoms with E-state index in [9.17, 15) is 4.79 Å². The van der Waals surface area contributed by atoms with Crippen molar-refractivity contribution in [3.63, 3.8) is 0 Å². The second-order valence-electron chi connectivity index (χ2n) is 10.2. The van der Waals surface area contributed by atoms with Crippen LogP contribution in [0, 0.1) is 5.92 Å². The quantitative estimate of drug-likeness (QED) is 0.250. The van der Waals surface area contributed by atoms with Gasteiger partial charge in [-0.25, -0.2) is 4.98 Å². The van der Waals surface area contributed by atoms with E-state index in [0.29, 0.717) is 13.0 Å². The predicted molar refractivity (Wildman–Crippen MR) is 148 cm³/mol. The molecule has 0 atom stereocenters. The molecule has 1 aliphatic rings. The third-order valence-corrected chi connectivity index (χ3v) is 7.54. The third-order valence-electron chi connectivity index (χ3n) is 7.54. The van der Waals surface area contributed by atoms with Gasteiger partial charge in [-0.3, -0.25) is 4.79 Å². The molecule has 0 aliphatic heterocycles. The van der Waals surface area contributed by atoms with E-state index in [1.807, 2.05) is 18.2 Å². The molecule has 0 radical (unpaired) electrons. The van der Waals surface area contributed by atoms with Gasteiger partial charge in [0.25, 0.3) is 0 Å². The zero-order chi connectivity index (χ0) is 24.6. The maximum atomic E-state index is 12.5. The molecule has 3 aromatic carbocycles. The number of aryl methyl sites for hydroxylation is 2. The van der Waals surface area contributed by atoms with E-state index < -0.39 is 0 Å². The van der Waals surface area contributed by atoms with E-state index in [1.54, 1.807) is 0 Å². The molecule has 186 valence electrons. The lowest BCUT2D eigenvalue weighted by Gasteiger charge is -2.22. The molecule has 1 heterocycles. The molecule has 1 N–H and O–H groups in total. The van der Waals surface area contributed by atoms with Crippen molar-refractivity contribution in [2.45, 2.75) is 64.3 Å². The fourth-order valence-corrected chi connectivity index (χ4v) is 5.52. The molecule has 1 aromatic heterocycles. The van der Waals surface area contributed by atoms with E-state index in [-0.39, 0.29) is 5.91 Å². The Morgan fingerprint density at radius 1 is 0.861 bits per heavy atom. The third kappa shape index (κ3) is 6.23. The minimum atomic E-state index is 0.0771. The lowest BCUT2D eigenvalue weighted by molar-refractivity contribution is -0.120. The summed E-state index contributed by atoms with van der Waals surface area (Å²) in [6, 6.07) is 27.1. The number of carbonyl (C=O) groups is 1. The van der Waals surface area contributed by atoms with Crippen molar-refractivity contribution < 1.29 is 4.79 Å². The molecule has 0 spiro atoms. The van der Waals surface area contributed by atoms with Crippen LogP contribution in [-0.2, 0) is 24.2 Å². The number of benzene rings is 3. The molecule has 4 heteroatoms. The minimum Gasteiger partial charge on any atom is -0.356 e. The molecule has 1 saturated carbocycles.